The van der Waals surface area contributed by atoms with E-state index in [1.807, 2.05) is 48.5 Å². The van der Waals surface area contributed by atoms with E-state index in [9.17, 15) is 53.1 Å². The number of aromatic hydroxyl groups is 1. The van der Waals surface area contributed by atoms with Gasteiger partial charge in [-0.25, -0.2) is 4.98 Å². The Hall–Kier alpha value is -6.27. The predicted molar refractivity (Wildman–Crippen MR) is 329 cm³/mol. The number of carbonyl (C=O) groups is 10. The molecule has 1 aromatic carbocycles. The van der Waals surface area contributed by atoms with Gasteiger partial charge in [0.25, 0.3) is 17.7 Å². The molecule has 1 fully saturated rings. The summed E-state index contributed by atoms with van der Waals surface area (Å²) in [6.45, 7) is 21.9. The first-order valence-electron chi connectivity index (χ1n) is 31.0. The highest BCUT2D eigenvalue weighted by molar-refractivity contribution is 7.09. The SMILES string of the molecule is CCC[C@H](Cc1ccc(O)c(NC(=O)[C@H](C)CC(=O)[C@H](C)NC(=O)CCOCCOCCOCCCC(=O)CCCN2C(=O)C=CC2=O)c1)NC(=O)c1csc([C@@H](C[C@H](C(C)C)N(C)C(=O)[C@@H](CC(=O)C(C)(C)N2CCCC2)[C@@H](C)CC)OC(C)=O)n1. The maximum atomic E-state index is 14.5. The third-order valence-electron chi connectivity index (χ3n) is 16.3. The van der Waals surface area contributed by atoms with Crippen LogP contribution in [0.15, 0.2) is 35.7 Å². The van der Waals surface area contributed by atoms with Crippen molar-refractivity contribution in [3.8, 4) is 5.75 Å². The Balaban J connectivity index is 1.21. The number of phenols is 1. The highest BCUT2D eigenvalue weighted by atomic mass is 32.1. The summed E-state index contributed by atoms with van der Waals surface area (Å²) in [6.07, 6.45) is 7.73. The zero-order valence-corrected chi connectivity index (χ0v) is 54.0. The number of amides is 6. The molecule has 484 valence electrons. The molecule has 0 radical (unpaired) electrons. The zero-order valence-electron chi connectivity index (χ0n) is 53.2. The molecular weight excluding hydrogens is 1140 g/mol. The van der Waals surface area contributed by atoms with Crippen LogP contribution in [0.25, 0.3) is 0 Å². The number of carbonyl (C=O) groups excluding carboxylic acids is 10. The summed E-state index contributed by atoms with van der Waals surface area (Å²) >= 11 is 1.18. The van der Waals surface area contributed by atoms with Gasteiger partial charge in [-0.3, -0.25) is 57.7 Å². The van der Waals surface area contributed by atoms with Gasteiger partial charge in [0.1, 0.15) is 22.2 Å². The summed E-state index contributed by atoms with van der Waals surface area (Å²) in [5.41, 5.74) is 0.263. The number of nitrogens with zero attached hydrogens (tertiary/aromatic N) is 4. The summed E-state index contributed by atoms with van der Waals surface area (Å²) in [5.74, 6) is -4.75. The van der Waals surface area contributed by atoms with E-state index in [0.29, 0.717) is 75.3 Å². The lowest BCUT2D eigenvalue weighted by atomic mass is 9.81. The Bertz CT molecular complexity index is 2650. The van der Waals surface area contributed by atoms with Gasteiger partial charge in [0.2, 0.25) is 17.7 Å². The molecule has 2 aliphatic heterocycles. The molecule has 0 bridgehead atoms. The molecule has 1 saturated heterocycles. The molecule has 4 rings (SSSR count). The van der Waals surface area contributed by atoms with Crippen molar-refractivity contribution in [2.45, 2.75) is 189 Å². The number of benzene rings is 1. The molecule has 22 nitrogen and oxygen atoms in total. The molecule has 1 aromatic heterocycles. The van der Waals surface area contributed by atoms with Gasteiger partial charge >= 0.3 is 5.97 Å². The number of esters is 1. The minimum atomic E-state index is -0.879. The molecule has 23 heteroatoms. The smallest absolute Gasteiger partial charge is 0.303 e. The lowest BCUT2D eigenvalue weighted by Gasteiger charge is -2.38. The molecule has 0 aliphatic carbocycles. The first-order chi connectivity index (χ1) is 41.3. The molecule has 3 heterocycles. The number of Topliss-reactive ketones (excluding diaryl/α,β-unsaturated/α-hetero) is 3. The monoisotopic (exact) mass is 1240 g/mol. The minimum absolute atomic E-state index is 0.00415. The van der Waals surface area contributed by atoms with E-state index in [0.717, 1.165) is 30.8 Å². The van der Waals surface area contributed by atoms with E-state index in [4.69, 9.17) is 18.9 Å². The molecule has 2 aromatic rings. The summed E-state index contributed by atoms with van der Waals surface area (Å²) in [6, 6.07) is 3.08. The molecule has 7 atom stereocenters. The fraction of sp³-hybridized carbons (Fsp3) is 0.672. The second-order valence-electron chi connectivity index (χ2n) is 23.9. The Morgan fingerprint density at radius 3 is 2.08 bits per heavy atom. The topological polar surface area (TPSA) is 287 Å². The van der Waals surface area contributed by atoms with Crippen LogP contribution in [-0.2, 0) is 68.5 Å². The molecule has 6 amide bonds. The van der Waals surface area contributed by atoms with Crippen molar-refractivity contribution in [2.24, 2.45) is 23.7 Å². The van der Waals surface area contributed by atoms with Crippen molar-refractivity contribution in [1.82, 2.24) is 30.3 Å². The van der Waals surface area contributed by atoms with Crippen LogP contribution in [0, 0.1) is 23.7 Å². The number of phenolic OH excluding ortho intramolecular Hbond substituents is 1. The third-order valence-corrected chi connectivity index (χ3v) is 17.3. The number of rotatable bonds is 42. The highest BCUT2D eigenvalue weighted by Gasteiger charge is 2.41. The summed E-state index contributed by atoms with van der Waals surface area (Å²) in [7, 11) is 1.75. The molecule has 2 aliphatic rings. The van der Waals surface area contributed by atoms with Crippen LogP contribution >= 0.6 is 11.3 Å². The molecule has 4 N–H and O–H groups in total. The lowest BCUT2D eigenvalue weighted by Crippen LogP contribution is -2.51. The van der Waals surface area contributed by atoms with Gasteiger partial charge in [-0.1, -0.05) is 60.5 Å². The van der Waals surface area contributed by atoms with E-state index >= 15 is 0 Å². The minimum Gasteiger partial charge on any atom is -0.506 e. The number of imide groups is 1. The predicted octanol–water partition coefficient (Wildman–Crippen LogP) is 7.50. The molecule has 0 unspecified atom stereocenters. The van der Waals surface area contributed by atoms with Crippen molar-refractivity contribution >= 4 is 75.8 Å². The Morgan fingerprint density at radius 1 is 0.828 bits per heavy atom. The normalized spacial score (nSPS) is 16.0. The Kier molecular flexibility index (Phi) is 31.0. The van der Waals surface area contributed by atoms with E-state index in [2.05, 4.69) is 25.8 Å². The van der Waals surface area contributed by atoms with Gasteiger partial charge in [-0.15, -0.1) is 11.3 Å². The van der Waals surface area contributed by atoms with Crippen molar-refractivity contribution in [1.29, 1.82) is 0 Å². The number of ketones is 3. The highest BCUT2D eigenvalue weighted by Crippen LogP contribution is 2.34. The third kappa shape index (κ3) is 24.0. The number of hydrogen-bond acceptors (Lipinski definition) is 18. The first-order valence-corrected chi connectivity index (χ1v) is 31.9. The van der Waals surface area contributed by atoms with Crippen molar-refractivity contribution in [3.63, 3.8) is 0 Å². The maximum absolute atomic E-state index is 14.5. The quantitative estimate of drug-likeness (QED) is 0.0217. The molecule has 0 saturated carbocycles. The average molecular weight is 1240 g/mol. The molecule has 0 spiro atoms. The van der Waals surface area contributed by atoms with Crippen LogP contribution < -0.4 is 16.0 Å². The van der Waals surface area contributed by atoms with E-state index in [1.54, 1.807) is 36.4 Å². The second-order valence-corrected chi connectivity index (χ2v) is 24.8. The number of nitrogens with one attached hydrogen (secondary N) is 3. The van der Waals surface area contributed by atoms with Gasteiger partial charge in [-0.05, 0) is 102 Å². The van der Waals surface area contributed by atoms with Crippen LogP contribution in [0.4, 0.5) is 5.69 Å². The van der Waals surface area contributed by atoms with Gasteiger partial charge in [0.15, 0.2) is 17.7 Å². The first kappa shape index (κ1) is 73.2. The van der Waals surface area contributed by atoms with Crippen molar-refractivity contribution < 1.29 is 72.0 Å². The number of aromatic nitrogens is 1. The van der Waals surface area contributed by atoms with E-state index < -0.39 is 59.3 Å². The van der Waals surface area contributed by atoms with Crippen molar-refractivity contribution in [3.05, 3.63) is 52.0 Å². The fourth-order valence-electron chi connectivity index (χ4n) is 10.6. The maximum Gasteiger partial charge on any atom is 0.303 e. The van der Waals surface area contributed by atoms with Crippen molar-refractivity contribution in [2.75, 3.05) is 71.6 Å². The van der Waals surface area contributed by atoms with E-state index in [1.165, 1.54) is 43.4 Å². The van der Waals surface area contributed by atoms with E-state index in [-0.39, 0.29) is 129 Å². The zero-order chi connectivity index (χ0) is 64.4. The fourth-order valence-corrected chi connectivity index (χ4v) is 11.5. The van der Waals surface area contributed by atoms with Crippen LogP contribution in [0.3, 0.4) is 0 Å². The standard InChI is InChI=1S/C64H97N7O15S/c1-12-18-47(66-61(81)51-40-87-62(68-51)55(86-45(8)72)39-52(41(3)4)69(11)63(82)49(42(5)13-2)38-56(76)64(9,10)70-26-14-15-27-70)36-46-21-22-53(74)50(37-46)67-60(80)43(6)35-54(75)44(7)65-57(77)25-30-84-32-34-85-33-31-83-29-17-20-48(73)19-16-28-71-58(78)23-24-59(71)79/h21-24,37,40-44,47,49,52,55,74H,12-20,25-36,38-39H2,1-11H3,(H,65,77)(H,66,81)(H,67,80)/t42-,43+,44-,47+,49-,52+,55+/m0/s1. The Morgan fingerprint density at radius 2 is 1.46 bits per heavy atom. The largest absolute Gasteiger partial charge is 0.506 e. The van der Waals surface area contributed by atoms with Crippen LogP contribution in [-0.4, -0.2) is 174 Å². The molecular formula is C64H97N7O15S. The van der Waals surface area contributed by atoms with Gasteiger partial charge in [0, 0.05) is 107 Å². The van der Waals surface area contributed by atoms with Crippen LogP contribution in [0.1, 0.15) is 180 Å². The molecule has 87 heavy (non-hydrogen) atoms. The van der Waals surface area contributed by atoms with Crippen LogP contribution in [0.5, 0.6) is 5.75 Å². The van der Waals surface area contributed by atoms with Gasteiger partial charge in [-0.2, -0.15) is 0 Å². The van der Waals surface area contributed by atoms with Gasteiger partial charge < -0.3 is 44.9 Å². The second kappa shape index (κ2) is 36.9. The number of anilines is 1. The average Bonchev–Trinajstić information content (AvgIpc) is 2.22. The summed E-state index contributed by atoms with van der Waals surface area (Å²) in [5, 5.41) is 21.2. The van der Waals surface area contributed by atoms with Gasteiger partial charge in [0.05, 0.1) is 50.3 Å². The lowest BCUT2D eigenvalue weighted by molar-refractivity contribution is -0.150. The number of thiazole rings is 1. The summed E-state index contributed by atoms with van der Waals surface area (Å²) < 4.78 is 22.4. The Labute approximate surface area is 518 Å². The summed E-state index contributed by atoms with van der Waals surface area (Å²) in [4.78, 5) is 139. The number of ether oxygens (including phenoxy) is 4. The number of hydrogen-bond donors (Lipinski definition) is 4. The van der Waals surface area contributed by atoms with Crippen LogP contribution in [0.2, 0.25) is 0 Å². The number of likely N-dealkylation sites (tertiary alicyclic amines) is 1.